The molecule has 1 aliphatic heterocycles. The molecule has 0 N–H and O–H groups in total. The molecule has 0 aliphatic carbocycles. The molecular weight excluding hydrogens is 313 g/mol. The molecule has 0 radical (unpaired) electrons. The van der Waals surface area contributed by atoms with Crippen LogP contribution in [0.4, 0.5) is 26.3 Å². The molecule has 0 nitrogen and oxygen atoms in total. The van der Waals surface area contributed by atoms with Crippen LogP contribution in [0.3, 0.4) is 0 Å². The van der Waals surface area contributed by atoms with Gasteiger partial charge in [0, 0.05) is 0 Å². The van der Waals surface area contributed by atoms with Gasteiger partial charge in [-0.15, -0.1) is 0 Å². The van der Waals surface area contributed by atoms with E-state index in [1.54, 1.807) is 0 Å². The number of hydrogen-bond acceptors (Lipinski definition) is 1. The summed E-state index contributed by atoms with van der Waals surface area (Å²) >= 11 is 9.58. The van der Waals surface area contributed by atoms with Crippen LogP contribution in [0.1, 0.15) is 5.56 Å². The van der Waals surface area contributed by atoms with Crippen molar-refractivity contribution < 1.29 is 26.3 Å². The van der Waals surface area contributed by atoms with Crippen molar-refractivity contribution in [3.05, 3.63) is 27.2 Å². The van der Waals surface area contributed by atoms with Crippen LogP contribution in [-0.4, -0.2) is 5.25 Å². The van der Waals surface area contributed by atoms with Gasteiger partial charge in [0.2, 0.25) is 0 Å². The van der Waals surface area contributed by atoms with E-state index in [4.69, 9.17) is 23.2 Å². The van der Waals surface area contributed by atoms with Gasteiger partial charge < -0.3 is 0 Å². The highest BCUT2D eigenvalue weighted by molar-refractivity contribution is 8.00. The van der Waals surface area contributed by atoms with Gasteiger partial charge >= 0.3 is 11.2 Å². The Morgan fingerprint density at radius 1 is 0.882 bits per heavy atom. The summed E-state index contributed by atoms with van der Waals surface area (Å²) in [7, 11) is 0. The lowest BCUT2D eigenvalue weighted by molar-refractivity contribution is -0.156. The predicted molar refractivity (Wildman–Crippen MR) is 51.1 cm³/mol. The maximum atomic E-state index is 13.4. The van der Waals surface area contributed by atoms with E-state index in [1.165, 1.54) is 0 Å². The molecule has 17 heavy (non-hydrogen) atoms. The Kier molecular flexibility index (Phi) is 2.80. The Bertz CT molecular complexity index is 515. The van der Waals surface area contributed by atoms with Gasteiger partial charge in [-0.05, 0) is 11.8 Å². The van der Waals surface area contributed by atoms with Crippen LogP contribution >= 0.6 is 35.0 Å². The molecule has 94 valence electrons. The summed E-state index contributed by atoms with van der Waals surface area (Å²) in [6.45, 7) is 0. The van der Waals surface area contributed by atoms with E-state index >= 15 is 0 Å². The summed E-state index contributed by atoms with van der Waals surface area (Å²) in [6, 6.07) is 0. The third-order valence-corrected chi connectivity index (χ3v) is 4.04. The van der Waals surface area contributed by atoms with Crippen LogP contribution in [0.2, 0.25) is 10.0 Å². The maximum Gasteiger partial charge on any atom is 0.365 e. The molecule has 0 fully saturated rings. The van der Waals surface area contributed by atoms with Crippen LogP contribution in [0.15, 0.2) is 4.90 Å². The van der Waals surface area contributed by atoms with E-state index in [-0.39, 0.29) is 0 Å². The van der Waals surface area contributed by atoms with E-state index in [2.05, 4.69) is 0 Å². The quantitative estimate of drug-likeness (QED) is 0.366. The van der Waals surface area contributed by atoms with E-state index in [9.17, 15) is 26.3 Å². The number of rotatable bonds is 0. The van der Waals surface area contributed by atoms with Crippen LogP contribution in [0.5, 0.6) is 0 Å². The molecular formula is C8Cl2F6S. The van der Waals surface area contributed by atoms with Gasteiger partial charge in [-0.2, -0.15) is 17.6 Å². The summed E-state index contributed by atoms with van der Waals surface area (Å²) in [5.74, 6) is -8.25. The van der Waals surface area contributed by atoms with Crippen molar-refractivity contribution in [1.82, 2.24) is 0 Å². The molecule has 0 atom stereocenters. The van der Waals surface area contributed by atoms with E-state index in [0.717, 1.165) is 0 Å². The van der Waals surface area contributed by atoms with Gasteiger partial charge in [-0.25, -0.2) is 8.78 Å². The third kappa shape index (κ3) is 1.55. The average molecular weight is 313 g/mol. The molecule has 0 aromatic heterocycles. The first-order valence-corrected chi connectivity index (χ1v) is 5.49. The van der Waals surface area contributed by atoms with Crippen molar-refractivity contribution in [3.8, 4) is 0 Å². The molecule has 1 heterocycles. The topological polar surface area (TPSA) is 0 Å². The first-order chi connectivity index (χ1) is 7.61. The fourth-order valence-corrected chi connectivity index (χ4v) is 2.73. The van der Waals surface area contributed by atoms with Crippen molar-refractivity contribution in [3.63, 3.8) is 0 Å². The minimum atomic E-state index is -4.84. The van der Waals surface area contributed by atoms with Crippen molar-refractivity contribution in [2.75, 3.05) is 0 Å². The minimum absolute atomic E-state index is 0.777. The van der Waals surface area contributed by atoms with Crippen molar-refractivity contribution in [2.45, 2.75) is 16.1 Å². The molecule has 0 spiro atoms. The monoisotopic (exact) mass is 312 g/mol. The summed E-state index contributed by atoms with van der Waals surface area (Å²) in [6.07, 6.45) is 0. The van der Waals surface area contributed by atoms with E-state index < -0.39 is 55.1 Å². The first kappa shape index (κ1) is 13.2. The predicted octanol–water partition coefficient (Wildman–Crippen LogP) is 5.06. The zero-order chi connectivity index (χ0) is 13.2. The third-order valence-electron chi connectivity index (χ3n) is 2.13. The highest BCUT2D eigenvalue weighted by Crippen LogP contribution is 2.63. The fraction of sp³-hybridized carbons (Fsp3) is 0.250. The molecule has 0 unspecified atom stereocenters. The molecule has 1 aromatic carbocycles. The number of halogens is 8. The van der Waals surface area contributed by atoms with E-state index in [1.807, 2.05) is 0 Å². The second-order valence-corrected chi connectivity index (χ2v) is 5.03. The largest absolute Gasteiger partial charge is 0.365 e. The van der Waals surface area contributed by atoms with Crippen LogP contribution in [0, 0.1) is 11.6 Å². The summed E-state index contributed by atoms with van der Waals surface area (Å²) < 4.78 is 79.0. The first-order valence-electron chi connectivity index (χ1n) is 3.92. The molecule has 1 aromatic rings. The Morgan fingerprint density at radius 2 is 1.35 bits per heavy atom. The normalized spacial score (nSPS) is 20.5. The summed E-state index contributed by atoms with van der Waals surface area (Å²) in [4.78, 5) is -1.22. The fourth-order valence-electron chi connectivity index (χ4n) is 1.33. The molecule has 2 rings (SSSR count). The second-order valence-electron chi connectivity index (χ2n) is 3.15. The SMILES string of the molecule is Fc1c(Cl)c(Cl)c(F)c2c1SC(F)(F)C2(F)F. The molecule has 0 amide bonds. The van der Waals surface area contributed by atoms with Crippen molar-refractivity contribution >= 4 is 35.0 Å². The maximum absolute atomic E-state index is 13.4. The van der Waals surface area contributed by atoms with Gasteiger partial charge in [0.25, 0.3) is 0 Å². The number of alkyl halides is 4. The van der Waals surface area contributed by atoms with Crippen LogP contribution in [-0.2, 0) is 5.92 Å². The Balaban J connectivity index is 2.85. The molecule has 9 heteroatoms. The summed E-state index contributed by atoms with van der Waals surface area (Å²) in [5, 5.41) is -6.78. The smallest absolute Gasteiger partial charge is 0.205 e. The molecule has 1 aliphatic rings. The Labute approximate surface area is 105 Å². The average Bonchev–Trinajstić information content (AvgIpc) is 2.40. The number of thioether (sulfide) groups is 1. The highest BCUT2D eigenvalue weighted by atomic mass is 35.5. The van der Waals surface area contributed by atoms with Crippen molar-refractivity contribution in [1.29, 1.82) is 0 Å². The Morgan fingerprint density at radius 3 is 1.88 bits per heavy atom. The number of fused-ring (bicyclic) bond motifs is 1. The zero-order valence-electron chi connectivity index (χ0n) is 7.43. The van der Waals surface area contributed by atoms with Gasteiger partial charge in [0.15, 0.2) is 11.6 Å². The lowest BCUT2D eigenvalue weighted by atomic mass is 10.1. The number of benzene rings is 1. The van der Waals surface area contributed by atoms with Gasteiger partial charge in [-0.3, -0.25) is 0 Å². The molecule has 0 saturated heterocycles. The van der Waals surface area contributed by atoms with E-state index in [0.29, 0.717) is 0 Å². The van der Waals surface area contributed by atoms with Gasteiger partial charge in [0.05, 0.1) is 20.5 Å². The number of hydrogen-bond donors (Lipinski definition) is 0. The minimum Gasteiger partial charge on any atom is -0.205 e. The van der Waals surface area contributed by atoms with Crippen LogP contribution in [0.25, 0.3) is 0 Å². The standard InChI is InChI=1S/C8Cl2F6S/c9-2-3(10)5(12)6-1(4(2)11)7(13,14)8(15,16)17-6. The van der Waals surface area contributed by atoms with Gasteiger partial charge in [-0.1, -0.05) is 23.2 Å². The Hall–Kier alpha value is -0.270. The van der Waals surface area contributed by atoms with Gasteiger partial charge in [0.1, 0.15) is 0 Å². The summed E-state index contributed by atoms with van der Waals surface area (Å²) in [5.41, 5.74) is -1.75. The second kappa shape index (κ2) is 3.61. The zero-order valence-corrected chi connectivity index (χ0v) is 9.76. The lowest BCUT2D eigenvalue weighted by Gasteiger charge is -2.17. The molecule has 0 bridgehead atoms. The highest BCUT2D eigenvalue weighted by Gasteiger charge is 2.66. The van der Waals surface area contributed by atoms with Crippen LogP contribution < -0.4 is 0 Å². The van der Waals surface area contributed by atoms with Crippen molar-refractivity contribution in [2.24, 2.45) is 0 Å². The lowest BCUT2D eigenvalue weighted by Crippen LogP contribution is -2.30. The molecule has 0 saturated carbocycles.